The van der Waals surface area contributed by atoms with Crippen LogP contribution in [0.4, 0.5) is 5.13 Å². The van der Waals surface area contributed by atoms with E-state index in [1.54, 1.807) is 11.3 Å². The molecule has 2 rings (SSSR count). The van der Waals surface area contributed by atoms with Gasteiger partial charge in [0.15, 0.2) is 5.13 Å². The van der Waals surface area contributed by atoms with E-state index in [0.717, 1.165) is 17.4 Å². The van der Waals surface area contributed by atoms with Crippen LogP contribution in [0.2, 0.25) is 0 Å². The van der Waals surface area contributed by atoms with Crippen LogP contribution in [0, 0.1) is 0 Å². The van der Waals surface area contributed by atoms with Crippen molar-refractivity contribution in [2.45, 2.75) is 45.6 Å². The number of nitrogens with zero attached hydrogens (tertiary/aromatic N) is 2. The monoisotopic (exact) mass is 311 g/mol. The number of anilines is 1. The number of carbonyl (C=O) groups excluding carboxylic acids is 1. The third-order valence-corrected chi connectivity index (χ3v) is 4.36. The molecule has 1 aliphatic heterocycles. The van der Waals surface area contributed by atoms with Crippen molar-refractivity contribution >= 4 is 22.4 Å². The number of ether oxygens (including phenoxy) is 1. The zero-order valence-corrected chi connectivity index (χ0v) is 13.7. The van der Waals surface area contributed by atoms with Gasteiger partial charge in [0.1, 0.15) is 0 Å². The van der Waals surface area contributed by atoms with Crippen LogP contribution in [0.15, 0.2) is 5.38 Å². The summed E-state index contributed by atoms with van der Waals surface area (Å²) < 4.78 is 4.94. The number of likely N-dealkylation sites (tertiary alicyclic amines) is 1. The summed E-state index contributed by atoms with van der Waals surface area (Å²) in [5, 5.41) is 6.24. The Morgan fingerprint density at radius 1 is 1.48 bits per heavy atom. The molecular weight excluding hydrogens is 286 g/mol. The molecule has 0 spiro atoms. The number of nitrogens with one attached hydrogen (secondary N) is 1. The summed E-state index contributed by atoms with van der Waals surface area (Å²) in [7, 11) is 0. The maximum absolute atomic E-state index is 11.4. The Kier molecular flexibility index (Phi) is 6.45. The predicted molar refractivity (Wildman–Crippen MR) is 85.8 cm³/mol. The fraction of sp³-hybridized carbons (Fsp3) is 0.733. The molecule has 0 aliphatic carbocycles. The Morgan fingerprint density at radius 3 is 2.95 bits per heavy atom. The van der Waals surface area contributed by atoms with Crippen molar-refractivity contribution in [2.24, 2.45) is 0 Å². The van der Waals surface area contributed by atoms with Gasteiger partial charge in [0, 0.05) is 18.0 Å². The quantitative estimate of drug-likeness (QED) is 0.784. The molecule has 5 nitrogen and oxygen atoms in total. The summed E-state index contributed by atoms with van der Waals surface area (Å²) >= 11 is 1.55. The van der Waals surface area contributed by atoms with Crippen molar-refractivity contribution in [2.75, 3.05) is 31.6 Å². The van der Waals surface area contributed by atoms with Crippen LogP contribution in [0.25, 0.3) is 0 Å². The molecule has 1 aromatic rings. The van der Waals surface area contributed by atoms with Crippen LogP contribution in [0.1, 0.15) is 38.8 Å². The standard InChI is InChI=1S/C15H25N3O2S/c1-3-20-14(19)9-13-11-21-15(17-13)16-12(2)10-18-7-5-4-6-8-18/h11-12H,3-10H2,1-2H3,(H,16,17). The van der Waals surface area contributed by atoms with Crippen LogP contribution in [-0.4, -0.2) is 48.1 Å². The maximum atomic E-state index is 11.4. The number of esters is 1. The molecule has 0 amide bonds. The van der Waals surface area contributed by atoms with Crippen molar-refractivity contribution in [3.05, 3.63) is 11.1 Å². The van der Waals surface area contributed by atoms with Gasteiger partial charge in [-0.15, -0.1) is 11.3 Å². The minimum absolute atomic E-state index is 0.212. The minimum atomic E-state index is -0.212. The number of hydrogen-bond acceptors (Lipinski definition) is 6. The lowest BCUT2D eigenvalue weighted by Crippen LogP contribution is -2.38. The SMILES string of the molecule is CCOC(=O)Cc1csc(NC(C)CN2CCCCC2)n1. The third kappa shape index (κ3) is 5.63. The van der Waals surface area contributed by atoms with Crippen molar-refractivity contribution in [3.8, 4) is 0 Å². The van der Waals surface area contributed by atoms with E-state index in [9.17, 15) is 4.79 Å². The maximum Gasteiger partial charge on any atom is 0.311 e. The molecule has 118 valence electrons. The zero-order valence-electron chi connectivity index (χ0n) is 12.9. The Hall–Kier alpha value is -1.14. The molecule has 1 fully saturated rings. The van der Waals surface area contributed by atoms with Crippen molar-refractivity contribution in [1.82, 2.24) is 9.88 Å². The van der Waals surface area contributed by atoms with Gasteiger partial charge in [0.2, 0.25) is 0 Å². The molecule has 1 N–H and O–H groups in total. The Balaban J connectivity index is 1.77. The second-order valence-electron chi connectivity index (χ2n) is 5.53. The highest BCUT2D eigenvalue weighted by Crippen LogP contribution is 2.18. The number of piperidine rings is 1. The van der Waals surface area contributed by atoms with E-state index in [-0.39, 0.29) is 12.4 Å². The molecule has 0 saturated carbocycles. The van der Waals surface area contributed by atoms with Gasteiger partial charge in [-0.2, -0.15) is 0 Å². The molecule has 1 unspecified atom stereocenters. The average Bonchev–Trinajstić information content (AvgIpc) is 2.87. The highest BCUT2D eigenvalue weighted by atomic mass is 32.1. The van der Waals surface area contributed by atoms with Crippen LogP contribution in [0.3, 0.4) is 0 Å². The summed E-state index contributed by atoms with van der Waals surface area (Å²) in [6, 6.07) is 0.365. The second kappa shape index (κ2) is 8.34. The number of carbonyl (C=O) groups is 1. The smallest absolute Gasteiger partial charge is 0.311 e. The second-order valence-corrected chi connectivity index (χ2v) is 6.39. The topological polar surface area (TPSA) is 54.5 Å². The normalized spacial score (nSPS) is 17.4. The first-order chi connectivity index (χ1) is 10.2. The van der Waals surface area contributed by atoms with E-state index in [0.29, 0.717) is 12.6 Å². The average molecular weight is 311 g/mol. The van der Waals surface area contributed by atoms with E-state index < -0.39 is 0 Å². The molecule has 1 saturated heterocycles. The fourth-order valence-corrected chi connectivity index (χ4v) is 3.42. The zero-order chi connectivity index (χ0) is 15.1. The van der Waals surface area contributed by atoms with E-state index in [2.05, 4.69) is 22.1 Å². The Labute approximate surface area is 130 Å². The van der Waals surface area contributed by atoms with E-state index in [1.165, 1.54) is 32.4 Å². The first-order valence-corrected chi connectivity index (χ1v) is 8.64. The molecule has 2 heterocycles. The van der Waals surface area contributed by atoms with Gasteiger partial charge in [0.05, 0.1) is 18.7 Å². The molecule has 21 heavy (non-hydrogen) atoms. The lowest BCUT2D eigenvalue weighted by Gasteiger charge is -2.29. The van der Waals surface area contributed by atoms with Gasteiger partial charge in [-0.1, -0.05) is 6.42 Å². The van der Waals surface area contributed by atoms with E-state index in [1.807, 2.05) is 12.3 Å². The summed E-state index contributed by atoms with van der Waals surface area (Å²) in [5.41, 5.74) is 0.783. The fourth-order valence-electron chi connectivity index (χ4n) is 2.60. The largest absolute Gasteiger partial charge is 0.466 e. The van der Waals surface area contributed by atoms with Gasteiger partial charge in [0.25, 0.3) is 0 Å². The summed E-state index contributed by atoms with van der Waals surface area (Å²) in [4.78, 5) is 18.4. The first kappa shape index (κ1) is 16.2. The highest BCUT2D eigenvalue weighted by molar-refractivity contribution is 7.13. The van der Waals surface area contributed by atoms with Crippen LogP contribution in [-0.2, 0) is 16.0 Å². The first-order valence-electron chi connectivity index (χ1n) is 7.76. The van der Waals surface area contributed by atoms with Crippen LogP contribution in [0.5, 0.6) is 0 Å². The number of hydrogen-bond donors (Lipinski definition) is 1. The lowest BCUT2D eigenvalue weighted by atomic mass is 10.1. The van der Waals surface area contributed by atoms with Gasteiger partial charge < -0.3 is 15.0 Å². The van der Waals surface area contributed by atoms with Gasteiger partial charge in [-0.05, 0) is 39.8 Å². The molecular formula is C15H25N3O2S. The van der Waals surface area contributed by atoms with E-state index >= 15 is 0 Å². The molecule has 0 bridgehead atoms. The summed E-state index contributed by atoms with van der Waals surface area (Å²) in [6.45, 7) is 7.87. The summed E-state index contributed by atoms with van der Waals surface area (Å²) in [5.74, 6) is -0.212. The highest BCUT2D eigenvalue weighted by Gasteiger charge is 2.14. The minimum Gasteiger partial charge on any atom is -0.466 e. The molecule has 1 aliphatic rings. The predicted octanol–water partition coefficient (Wildman–Crippen LogP) is 2.54. The summed E-state index contributed by atoms with van der Waals surface area (Å²) in [6.07, 6.45) is 4.25. The van der Waals surface area contributed by atoms with Gasteiger partial charge >= 0.3 is 5.97 Å². The Bertz CT molecular complexity index is 444. The van der Waals surface area contributed by atoms with Crippen molar-refractivity contribution in [3.63, 3.8) is 0 Å². The Morgan fingerprint density at radius 2 is 2.24 bits per heavy atom. The molecule has 6 heteroatoms. The number of aromatic nitrogens is 1. The molecule has 0 aromatic carbocycles. The lowest BCUT2D eigenvalue weighted by molar-refractivity contribution is -0.142. The van der Waals surface area contributed by atoms with Crippen molar-refractivity contribution in [1.29, 1.82) is 0 Å². The van der Waals surface area contributed by atoms with Crippen LogP contribution >= 0.6 is 11.3 Å². The third-order valence-electron chi connectivity index (χ3n) is 3.53. The molecule has 0 radical (unpaired) electrons. The number of rotatable bonds is 7. The van der Waals surface area contributed by atoms with Gasteiger partial charge in [-0.3, -0.25) is 4.79 Å². The van der Waals surface area contributed by atoms with Crippen molar-refractivity contribution < 1.29 is 9.53 Å². The molecule has 1 atom stereocenters. The number of thiazole rings is 1. The molecule has 1 aromatic heterocycles. The van der Waals surface area contributed by atoms with E-state index in [4.69, 9.17) is 4.74 Å². The van der Waals surface area contributed by atoms with Gasteiger partial charge in [-0.25, -0.2) is 4.98 Å². The van der Waals surface area contributed by atoms with Crippen LogP contribution < -0.4 is 5.32 Å².